The molecule has 1 N–H and O–H groups in total. The van der Waals surface area contributed by atoms with Gasteiger partial charge in [-0.1, -0.05) is 11.6 Å². The van der Waals surface area contributed by atoms with E-state index in [-0.39, 0.29) is 5.91 Å². The molecule has 1 aliphatic rings. The Bertz CT molecular complexity index is 671. The monoisotopic (exact) mass is 379 g/mol. The molecule has 26 heavy (non-hydrogen) atoms. The lowest BCUT2D eigenvalue weighted by Crippen LogP contribution is -2.55. The average Bonchev–Trinajstić information content (AvgIpc) is 2.60. The third kappa shape index (κ3) is 4.54. The summed E-state index contributed by atoms with van der Waals surface area (Å²) in [5.74, 6) is -0.298. The first-order valence-corrected chi connectivity index (χ1v) is 9.14. The van der Waals surface area contributed by atoms with E-state index in [1.807, 2.05) is 32.9 Å². The van der Waals surface area contributed by atoms with Crippen LogP contribution in [0.4, 0.5) is 0 Å². The van der Waals surface area contributed by atoms with Crippen LogP contribution < -0.4 is 5.32 Å². The van der Waals surface area contributed by atoms with Crippen LogP contribution >= 0.6 is 11.6 Å². The van der Waals surface area contributed by atoms with E-state index >= 15 is 0 Å². The Balaban J connectivity index is 2.25. The highest BCUT2D eigenvalue weighted by Gasteiger charge is 2.39. The number of aryl methyl sites for hydroxylation is 2. The summed E-state index contributed by atoms with van der Waals surface area (Å²) in [7, 11) is 1.61. The van der Waals surface area contributed by atoms with Gasteiger partial charge in [0.2, 0.25) is 0 Å². The summed E-state index contributed by atoms with van der Waals surface area (Å²) in [5.41, 5.74) is 1.68. The third-order valence-corrected chi connectivity index (χ3v) is 5.02. The topological polar surface area (TPSA) is 74.6 Å². The van der Waals surface area contributed by atoms with Crippen LogP contribution in [0.3, 0.4) is 0 Å². The van der Waals surface area contributed by atoms with Crippen molar-refractivity contribution in [2.75, 3.05) is 26.8 Å². The fraction of sp³-hybridized carbons (Fsp3) is 0.579. The summed E-state index contributed by atoms with van der Waals surface area (Å²) in [6.45, 7) is 7.22. The van der Waals surface area contributed by atoms with Gasteiger partial charge in [0.15, 0.2) is 6.10 Å². The zero-order valence-electron chi connectivity index (χ0n) is 15.8. The van der Waals surface area contributed by atoms with Crippen molar-refractivity contribution in [3.63, 3.8) is 0 Å². The van der Waals surface area contributed by atoms with Gasteiger partial charge in [-0.05, 0) is 62.4 Å². The number of nitrogens with one attached hydrogen (secondary N) is 1. The van der Waals surface area contributed by atoms with Crippen LogP contribution in [0.15, 0.2) is 12.1 Å². The molecule has 1 aromatic rings. The normalized spacial score (nSPS) is 18.2. The van der Waals surface area contributed by atoms with E-state index in [9.17, 15) is 10.1 Å². The number of carbonyl (C=O) groups is 1. The van der Waals surface area contributed by atoms with Gasteiger partial charge in [0.1, 0.15) is 5.54 Å². The SMILES string of the molecule is CCOC(C(=O)NC1(C#N)CCN(OC)CC1)c1c(C)cc(Cl)cc1C. The first kappa shape index (κ1) is 20.7. The van der Waals surface area contributed by atoms with Crippen molar-refractivity contribution in [3.05, 3.63) is 33.8 Å². The summed E-state index contributed by atoms with van der Waals surface area (Å²) in [6.07, 6.45) is 0.226. The number of amides is 1. The number of carbonyl (C=O) groups excluding carboxylic acids is 1. The molecule has 1 fully saturated rings. The summed E-state index contributed by atoms with van der Waals surface area (Å²) in [4.78, 5) is 18.2. The van der Waals surface area contributed by atoms with E-state index in [2.05, 4.69) is 11.4 Å². The lowest BCUT2D eigenvalue weighted by atomic mass is 9.88. The molecule has 1 aromatic carbocycles. The molecule has 1 aliphatic heterocycles. The van der Waals surface area contributed by atoms with Gasteiger partial charge in [-0.2, -0.15) is 10.3 Å². The molecule has 0 aromatic heterocycles. The first-order chi connectivity index (χ1) is 12.4. The second-order valence-electron chi connectivity index (χ2n) is 6.58. The molecule has 0 radical (unpaired) electrons. The lowest BCUT2D eigenvalue weighted by molar-refractivity contribution is -0.153. The molecule has 0 aliphatic carbocycles. The molecule has 1 atom stereocenters. The van der Waals surface area contributed by atoms with Gasteiger partial charge in [0, 0.05) is 24.7 Å². The van der Waals surface area contributed by atoms with Gasteiger partial charge in [0.05, 0.1) is 13.2 Å². The lowest BCUT2D eigenvalue weighted by Gasteiger charge is -2.37. The summed E-state index contributed by atoms with van der Waals surface area (Å²) in [5, 5.41) is 15.0. The maximum atomic E-state index is 13.0. The van der Waals surface area contributed by atoms with Crippen LogP contribution in [0.2, 0.25) is 5.02 Å². The highest BCUT2D eigenvalue weighted by Crippen LogP contribution is 2.30. The van der Waals surface area contributed by atoms with Gasteiger partial charge in [-0.3, -0.25) is 4.79 Å². The molecular formula is C19H26ClN3O3. The average molecular weight is 380 g/mol. The minimum Gasteiger partial charge on any atom is -0.364 e. The Labute approximate surface area is 160 Å². The van der Waals surface area contributed by atoms with Crippen molar-refractivity contribution in [2.24, 2.45) is 0 Å². The van der Waals surface area contributed by atoms with Crippen molar-refractivity contribution in [2.45, 2.75) is 45.3 Å². The van der Waals surface area contributed by atoms with Gasteiger partial charge in [-0.25, -0.2) is 0 Å². The maximum absolute atomic E-state index is 13.0. The Morgan fingerprint density at radius 2 is 1.96 bits per heavy atom. The van der Waals surface area contributed by atoms with E-state index in [1.165, 1.54) is 0 Å². The molecule has 7 heteroatoms. The summed E-state index contributed by atoms with van der Waals surface area (Å²) < 4.78 is 5.77. The smallest absolute Gasteiger partial charge is 0.255 e. The molecule has 0 spiro atoms. The first-order valence-electron chi connectivity index (χ1n) is 8.76. The van der Waals surface area contributed by atoms with Gasteiger partial charge in [0.25, 0.3) is 5.91 Å². The highest BCUT2D eigenvalue weighted by molar-refractivity contribution is 6.30. The maximum Gasteiger partial charge on any atom is 0.255 e. The molecule has 0 saturated carbocycles. The Kier molecular flexibility index (Phi) is 7.01. The molecule has 0 bridgehead atoms. The number of benzene rings is 1. The van der Waals surface area contributed by atoms with Crippen LogP contribution in [-0.2, 0) is 14.4 Å². The minimum absolute atomic E-state index is 0.298. The van der Waals surface area contributed by atoms with Crippen molar-refractivity contribution in [1.29, 1.82) is 5.26 Å². The number of piperidine rings is 1. The minimum atomic E-state index is -0.907. The van der Waals surface area contributed by atoms with Crippen LogP contribution in [-0.4, -0.2) is 43.3 Å². The zero-order valence-corrected chi connectivity index (χ0v) is 16.5. The van der Waals surface area contributed by atoms with Gasteiger partial charge < -0.3 is 14.9 Å². The van der Waals surface area contributed by atoms with Crippen molar-refractivity contribution in [3.8, 4) is 6.07 Å². The van der Waals surface area contributed by atoms with E-state index < -0.39 is 11.6 Å². The second-order valence-corrected chi connectivity index (χ2v) is 7.02. The number of halogens is 1. The Morgan fingerprint density at radius 3 is 2.42 bits per heavy atom. The van der Waals surface area contributed by atoms with Crippen LogP contribution in [0.25, 0.3) is 0 Å². The number of ether oxygens (including phenoxy) is 1. The molecular weight excluding hydrogens is 354 g/mol. The van der Waals surface area contributed by atoms with Crippen molar-refractivity contribution < 1.29 is 14.4 Å². The van der Waals surface area contributed by atoms with Crippen molar-refractivity contribution in [1.82, 2.24) is 10.4 Å². The van der Waals surface area contributed by atoms with Crippen LogP contribution in [0.5, 0.6) is 0 Å². The molecule has 2 rings (SSSR count). The van der Waals surface area contributed by atoms with Crippen molar-refractivity contribution >= 4 is 17.5 Å². The summed E-state index contributed by atoms with van der Waals surface area (Å²) >= 11 is 6.11. The quantitative estimate of drug-likeness (QED) is 0.822. The van der Waals surface area contributed by atoms with E-state index in [4.69, 9.17) is 21.2 Å². The Hall–Kier alpha value is -1.65. The van der Waals surface area contributed by atoms with Crippen LogP contribution in [0, 0.1) is 25.2 Å². The number of hydroxylamine groups is 2. The molecule has 6 nitrogen and oxygen atoms in total. The molecule has 1 heterocycles. The van der Waals surface area contributed by atoms with E-state index in [0.29, 0.717) is 37.6 Å². The zero-order chi connectivity index (χ0) is 19.3. The highest BCUT2D eigenvalue weighted by atomic mass is 35.5. The fourth-order valence-corrected chi connectivity index (χ4v) is 3.74. The molecule has 142 valence electrons. The number of hydrogen-bond donors (Lipinski definition) is 1. The number of hydrogen-bond acceptors (Lipinski definition) is 5. The van der Waals surface area contributed by atoms with Gasteiger partial charge >= 0.3 is 0 Å². The van der Waals surface area contributed by atoms with E-state index in [1.54, 1.807) is 12.2 Å². The number of nitrogens with zero attached hydrogens (tertiary/aromatic N) is 2. The standard InChI is InChI=1S/C19H26ClN3O3/c1-5-26-17(16-13(2)10-15(20)11-14(16)3)18(24)22-19(12-21)6-8-23(25-4)9-7-19/h10-11,17H,5-9H2,1-4H3,(H,22,24). The molecule has 1 amide bonds. The van der Waals surface area contributed by atoms with Gasteiger partial charge in [-0.15, -0.1) is 0 Å². The fourth-order valence-electron chi connectivity index (χ4n) is 3.41. The van der Waals surface area contributed by atoms with E-state index in [0.717, 1.165) is 16.7 Å². The largest absolute Gasteiger partial charge is 0.364 e. The summed E-state index contributed by atoms with van der Waals surface area (Å²) in [6, 6.07) is 5.93. The molecule has 1 unspecified atom stereocenters. The number of rotatable bonds is 6. The predicted octanol–water partition coefficient (Wildman–Crippen LogP) is 3.07. The molecule has 1 saturated heterocycles. The second kappa shape index (κ2) is 8.83. The predicted molar refractivity (Wildman–Crippen MR) is 99.6 cm³/mol. The number of nitriles is 1. The van der Waals surface area contributed by atoms with Crippen LogP contribution in [0.1, 0.15) is 42.6 Å². The Morgan fingerprint density at radius 1 is 1.38 bits per heavy atom. The third-order valence-electron chi connectivity index (χ3n) is 4.80.